The number of carboxylic acids is 1. The Morgan fingerprint density at radius 1 is 1.05 bits per heavy atom. The maximum atomic E-state index is 10.4. The van der Waals surface area contributed by atoms with Crippen molar-refractivity contribution >= 4 is 5.97 Å². The van der Waals surface area contributed by atoms with E-state index in [-0.39, 0.29) is 5.66 Å². The lowest BCUT2D eigenvalue weighted by Crippen LogP contribution is -2.08. The van der Waals surface area contributed by atoms with Gasteiger partial charge in [0.1, 0.15) is 0 Å². The molecule has 0 bridgehead atoms. The van der Waals surface area contributed by atoms with Crippen molar-refractivity contribution in [2.45, 2.75) is 82.7 Å². The SMILES string of the molecule is C#CCCC1(C/C=C/CCCCCCCCCC(=O)O)N=N1. The fourth-order valence-electron chi connectivity index (χ4n) is 2.44. The minimum atomic E-state index is -0.681. The molecule has 0 aliphatic carbocycles. The van der Waals surface area contributed by atoms with E-state index in [1.54, 1.807) is 0 Å². The third kappa shape index (κ3) is 9.33. The van der Waals surface area contributed by atoms with E-state index in [1.165, 1.54) is 25.7 Å². The minimum Gasteiger partial charge on any atom is -0.481 e. The molecule has 1 aliphatic heterocycles. The molecule has 0 fully saturated rings. The van der Waals surface area contributed by atoms with Crippen LogP contribution in [0.15, 0.2) is 22.4 Å². The Balaban J connectivity index is 1.84. The van der Waals surface area contributed by atoms with Crippen LogP contribution in [0.2, 0.25) is 0 Å². The maximum Gasteiger partial charge on any atom is 0.303 e. The van der Waals surface area contributed by atoms with Crippen LogP contribution in [0.5, 0.6) is 0 Å². The van der Waals surface area contributed by atoms with Gasteiger partial charge in [-0.15, -0.1) is 12.3 Å². The van der Waals surface area contributed by atoms with Crippen LogP contribution >= 0.6 is 0 Å². The monoisotopic (exact) mass is 304 g/mol. The van der Waals surface area contributed by atoms with E-state index in [0.717, 1.165) is 44.9 Å². The van der Waals surface area contributed by atoms with Crippen molar-refractivity contribution in [2.75, 3.05) is 0 Å². The molecule has 1 aliphatic rings. The van der Waals surface area contributed by atoms with Crippen LogP contribution < -0.4 is 0 Å². The molecule has 0 saturated heterocycles. The summed E-state index contributed by atoms with van der Waals surface area (Å²) in [5.74, 6) is 1.96. The molecule has 0 unspecified atom stereocenters. The van der Waals surface area contributed by atoms with Crippen molar-refractivity contribution in [3.63, 3.8) is 0 Å². The van der Waals surface area contributed by atoms with Gasteiger partial charge in [0.25, 0.3) is 0 Å². The van der Waals surface area contributed by atoms with Gasteiger partial charge < -0.3 is 5.11 Å². The number of hydrogen-bond acceptors (Lipinski definition) is 3. The van der Waals surface area contributed by atoms with Crippen LogP contribution in [-0.4, -0.2) is 16.7 Å². The van der Waals surface area contributed by atoms with E-state index in [1.807, 2.05) is 0 Å². The zero-order valence-electron chi connectivity index (χ0n) is 13.5. The molecular weight excluding hydrogens is 276 g/mol. The average Bonchev–Trinajstić information content (AvgIpc) is 3.26. The van der Waals surface area contributed by atoms with E-state index in [0.29, 0.717) is 6.42 Å². The Labute approximate surface area is 134 Å². The van der Waals surface area contributed by atoms with Crippen LogP contribution in [0.3, 0.4) is 0 Å². The molecule has 1 rings (SSSR count). The Bertz CT molecular complexity index is 415. The minimum absolute atomic E-state index is 0.182. The maximum absolute atomic E-state index is 10.4. The van der Waals surface area contributed by atoms with E-state index < -0.39 is 5.97 Å². The van der Waals surface area contributed by atoms with Gasteiger partial charge in [0, 0.05) is 25.7 Å². The van der Waals surface area contributed by atoms with Crippen LogP contribution in [0.25, 0.3) is 0 Å². The zero-order chi connectivity index (χ0) is 16.1. The Hall–Kier alpha value is -1.63. The first-order chi connectivity index (χ1) is 10.7. The Kier molecular flexibility index (Phi) is 9.21. The molecular formula is C18H28N2O2. The van der Waals surface area contributed by atoms with Crippen LogP contribution in [0.1, 0.15) is 77.0 Å². The summed E-state index contributed by atoms with van der Waals surface area (Å²) in [7, 11) is 0. The summed E-state index contributed by atoms with van der Waals surface area (Å²) in [5, 5.41) is 16.7. The number of allylic oxidation sites excluding steroid dienone is 1. The summed E-state index contributed by atoms with van der Waals surface area (Å²) < 4.78 is 0. The largest absolute Gasteiger partial charge is 0.481 e. The molecule has 4 nitrogen and oxygen atoms in total. The van der Waals surface area contributed by atoms with Crippen LogP contribution in [0.4, 0.5) is 0 Å². The molecule has 122 valence electrons. The number of aliphatic carboxylic acids is 1. The molecule has 0 atom stereocenters. The van der Waals surface area contributed by atoms with Crippen molar-refractivity contribution in [1.29, 1.82) is 0 Å². The molecule has 1 N–H and O–H groups in total. The summed E-state index contributed by atoms with van der Waals surface area (Å²) in [6, 6.07) is 0. The number of carboxylic acid groups (broad SMARTS) is 1. The smallest absolute Gasteiger partial charge is 0.303 e. The lowest BCUT2D eigenvalue weighted by molar-refractivity contribution is -0.137. The highest BCUT2D eigenvalue weighted by Crippen LogP contribution is 2.36. The van der Waals surface area contributed by atoms with Gasteiger partial charge in [-0.3, -0.25) is 4.79 Å². The Morgan fingerprint density at radius 3 is 2.27 bits per heavy atom. The second kappa shape index (κ2) is 11.0. The van der Waals surface area contributed by atoms with Crippen molar-refractivity contribution in [1.82, 2.24) is 0 Å². The fraction of sp³-hybridized carbons (Fsp3) is 0.722. The van der Waals surface area contributed by atoms with Gasteiger partial charge in [-0.1, -0.05) is 44.3 Å². The summed E-state index contributed by atoms with van der Waals surface area (Å²) in [6.45, 7) is 0. The third-order valence-electron chi connectivity index (χ3n) is 3.93. The van der Waals surface area contributed by atoms with E-state index in [4.69, 9.17) is 11.5 Å². The lowest BCUT2D eigenvalue weighted by Gasteiger charge is -2.04. The van der Waals surface area contributed by atoms with Crippen molar-refractivity contribution in [2.24, 2.45) is 10.2 Å². The third-order valence-corrected chi connectivity index (χ3v) is 3.93. The van der Waals surface area contributed by atoms with Gasteiger partial charge in [0.2, 0.25) is 0 Å². The molecule has 0 saturated carbocycles. The molecule has 22 heavy (non-hydrogen) atoms. The standard InChI is InChI=1S/C18H28N2O2/c1-2-3-15-18(19-20-18)16-13-11-9-7-5-4-6-8-10-12-14-17(21)22/h1,11,13H,3-10,12,14-16H2,(H,21,22)/b13-11+. The number of rotatable bonds is 14. The van der Waals surface area contributed by atoms with Crippen LogP contribution in [0, 0.1) is 12.3 Å². The fourth-order valence-corrected chi connectivity index (χ4v) is 2.44. The summed E-state index contributed by atoms with van der Waals surface area (Å²) in [5.41, 5.74) is -0.182. The molecule has 1 heterocycles. The predicted molar refractivity (Wildman–Crippen MR) is 88.6 cm³/mol. The quantitative estimate of drug-likeness (QED) is 0.275. The second-order valence-electron chi connectivity index (χ2n) is 5.97. The first kappa shape index (κ1) is 18.4. The zero-order valence-corrected chi connectivity index (χ0v) is 13.5. The summed E-state index contributed by atoms with van der Waals surface area (Å²) >= 11 is 0. The highest BCUT2D eigenvalue weighted by molar-refractivity contribution is 5.66. The average molecular weight is 304 g/mol. The number of nitrogens with zero attached hydrogens (tertiary/aromatic N) is 2. The van der Waals surface area contributed by atoms with Gasteiger partial charge >= 0.3 is 5.97 Å². The molecule has 0 aromatic heterocycles. The first-order valence-corrected chi connectivity index (χ1v) is 8.43. The topological polar surface area (TPSA) is 62.0 Å². The van der Waals surface area contributed by atoms with E-state index in [9.17, 15) is 4.79 Å². The molecule has 0 radical (unpaired) electrons. The number of hydrogen-bond donors (Lipinski definition) is 1. The van der Waals surface area contributed by atoms with Gasteiger partial charge in [-0.2, -0.15) is 10.2 Å². The summed E-state index contributed by atoms with van der Waals surface area (Å²) in [6.07, 6.45) is 21.5. The second-order valence-corrected chi connectivity index (χ2v) is 5.97. The van der Waals surface area contributed by atoms with Crippen molar-refractivity contribution in [3.8, 4) is 12.3 Å². The highest BCUT2D eigenvalue weighted by Gasteiger charge is 2.37. The van der Waals surface area contributed by atoms with E-state index >= 15 is 0 Å². The molecule has 0 amide bonds. The van der Waals surface area contributed by atoms with Gasteiger partial charge in [0.05, 0.1) is 0 Å². The highest BCUT2D eigenvalue weighted by atomic mass is 16.4. The Morgan fingerprint density at radius 2 is 1.68 bits per heavy atom. The molecule has 0 aromatic carbocycles. The predicted octanol–water partition coefficient (Wildman–Crippen LogP) is 5.10. The summed E-state index contributed by atoms with van der Waals surface area (Å²) in [4.78, 5) is 10.4. The molecule has 0 spiro atoms. The molecule has 4 heteroatoms. The van der Waals surface area contributed by atoms with Crippen LogP contribution in [-0.2, 0) is 4.79 Å². The number of unbranched alkanes of at least 4 members (excludes halogenated alkanes) is 7. The lowest BCUT2D eigenvalue weighted by atomic mass is 10.0. The normalized spacial score (nSPS) is 15.0. The number of terminal acetylenes is 1. The molecule has 0 aromatic rings. The first-order valence-electron chi connectivity index (χ1n) is 8.43. The van der Waals surface area contributed by atoms with Gasteiger partial charge in [-0.05, 0) is 19.3 Å². The van der Waals surface area contributed by atoms with Crippen molar-refractivity contribution < 1.29 is 9.90 Å². The van der Waals surface area contributed by atoms with E-state index in [2.05, 4.69) is 28.3 Å². The van der Waals surface area contributed by atoms with Gasteiger partial charge in [-0.25, -0.2) is 0 Å². The van der Waals surface area contributed by atoms with Crippen molar-refractivity contribution in [3.05, 3.63) is 12.2 Å². The van der Waals surface area contributed by atoms with Gasteiger partial charge in [0.15, 0.2) is 5.66 Å². The number of carbonyl (C=O) groups is 1.